The summed E-state index contributed by atoms with van der Waals surface area (Å²) in [6, 6.07) is 15.4. The Bertz CT molecular complexity index is 1000. The number of guanidine groups is 1. The molecule has 0 spiro atoms. The van der Waals surface area contributed by atoms with Crippen molar-refractivity contribution in [1.29, 1.82) is 0 Å². The number of rotatable bonds is 6. The van der Waals surface area contributed by atoms with E-state index in [0.717, 1.165) is 44.2 Å². The van der Waals surface area contributed by atoms with Crippen molar-refractivity contribution in [2.45, 2.75) is 20.0 Å². The van der Waals surface area contributed by atoms with Gasteiger partial charge in [0.05, 0.1) is 18.8 Å². The number of benzene rings is 2. The predicted molar refractivity (Wildman–Crippen MR) is 136 cm³/mol. The summed E-state index contributed by atoms with van der Waals surface area (Å²) < 4.78 is 15.9. The Morgan fingerprint density at radius 3 is 2.56 bits per heavy atom. The standard InChI is InChI=1S/C23H28FN7.HI/c1-2-26-23(30-12-10-29(11-13-30)22-9-4-3-8-21(22)24)27-15-19-6-5-7-20(14-19)16-31-18-25-17-28-31;/h3-9,14,17-18H,2,10-13,15-16H2,1H3,(H,26,27);1H. The van der Waals surface area contributed by atoms with E-state index in [1.807, 2.05) is 16.8 Å². The number of para-hydroxylation sites is 1. The van der Waals surface area contributed by atoms with E-state index in [1.54, 1.807) is 18.7 Å². The van der Waals surface area contributed by atoms with Crippen LogP contribution in [0.1, 0.15) is 18.1 Å². The number of piperazine rings is 1. The van der Waals surface area contributed by atoms with Crippen molar-refractivity contribution < 1.29 is 4.39 Å². The number of hydrogen-bond acceptors (Lipinski definition) is 4. The molecule has 4 rings (SSSR count). The summed E-state index contributed by atoms with van der Waals surface area (Å²) in [5.74, 6) is 0.736. The summed E-state index contributed by atoms with van der Waals surface area (Å²) >= 11 is 0. The molecule has 0 aliphatic carbocycles. The lowest BCUT2D eigenvalue weighted by molar-refractivity contribution is 0.370. The number of nitrogens with one attached hydrogen (secondary N) is 1. The monoisotopic (exact) mass is 549 g/mol. The summed E-state index contributed by atoms with van der Waals surface area (Å²) in [4.78, 5) is 13.2. The van der Waals surface area contributed by atoms with Gasteiger partial charge in [0, 0.05) is 32.7 Å². The van der Waals surface area contributed by atoms with E-state index >= 15 is 0 Å². The number of anilines is 1. The molecule has 0 radical (unpaired) electrons. The van der Waals surface area contributed by atoms with E-state index in [0.29, 0.717) is 18.8 Å². The number of halogens is 2. The van der Waals surface area contributed by atoms with E-state index < -0.39 is 0 Å². The minimum absolute atomic E-state index is 0. The van der Waals surface area contributed by atoms with Gasteiger partial charge < -0.3 is 15.1 Å². The fourth-order valence-electron chi connectivity index (χ4n) is 3.79. The SMILES string of the molecule is CCNC(=NCc1cccc(Cn2cncn2)c1)N1CCN(c2ccccc2F)CC1.I. The third-order valence-corrected chi connectivity index (χ3v) is 5.32. The van der Waals surface area contributed by atoms with E-state index in [2.05, 4.69) is 56.4 Å². The number of nitrogens with zero attached hydrogens (tertiary/aromatic N) is 6. The van der Waals surface area contributed by atoms with Crippen LogP contribution in [0.15, 0.2) is 66.2 Å². The zero-order chi connectivity index (χ0) is 21.5. The van der Waals surface area contributed by atoms with Gasteiger partial charge in [-0.25, -0.2) is 19.0 Å². The smallest absolute Gasteiger partial charge is 0.194 e. The highest BCUT2D eigenvalue weighted by Gasteiger charge is 2.21. The van der Waals surface area contributed by atoms with Gasteiger partial charge in [-0.05, 0) is 30.2 Å². The topological polar surface area (TPSA) is 61.6 Å². The van der Waals surface area contributed by atoms with Gasteiger partial charge in [0.1, 0.15) is 18.5 Å². The molecule has 9 heteroatoms. The van der Waals surface area contributed by atoms with Gasteiger partial charge in [-0.15, -0.1) is 24.0 Å². The Balaban J connectivity index is 0.00000289. The number of aromatic nitrogens is 3. The third kappa shape index (κ3) is 6.18. The maximum absolute atomic E-state index is 14.1. The Labute approximate surface area is 205 Å². The quantitative estimate of drug-likeness (QED) is 0.291. The van der Waals surface area contributed by atoms with Crippen LogP contribution in [0.5, 0.6) is 0 Å². The van der Waals surface area contributed by atoms with Crippen molar-refractivity contribution in [2.75, 3.05) is 37.6 Å². The summed E-state index contributed by atoms with van der Waals surface area (Å²) in [5, 5.41) is 7.57. The first kappa shape index (κ1) is 24.0. The molecule has 1 saturated heterocycles. The van der Waals surface area contributed by atoms with Gasteiger partial charge in [0.25, 0.3) is 0 Å². The van der Waals surface area contributed by atoms with Crippen LogP contribution >= 0.6 is 24.0 Å². The van der Waals surface area contributed by atoms with Crippen LogP contribution in [0.4, 0.5) is 10.1 Å². The minimum Gasteiger partial charge on any atom is -0.366 e. The molecule has 0 amide bonds. The summed E-state index contributed by atoms with van der Waals surface area (Å²) in [6.07, 6.45) is 3.26. The van der Waals surface area contributed by atoms with Crippen molar-refractivity contribution in [3.8, 4) is 0 Å². The van der Waals surface area contributed by atoms with Crippen LogP contribution in [-0.2, 0) is 13.1 Å². The van der Waals surface area contributed by atoms with Gasteiger partial charge in [-0.1, -0.05) is 36.4 Å². The van der Waals surface area contributed by atoms with Crippen LogP contribution in [0, 0.1) is 5.82 Å². The van der Waals surface area contributed by atoms with E-state index in [4.69, 9.17) is 4.99 Å². The van der Waals surface area contributed by atoms with Crippen molar-refractivity contribution in [1.82, 2.24) is 25.0 Å². The van der Waals surface area contributed by atoms with Crippen molar-refractivity contribution in [3.05, 3.63) is 78.1 Å². The van der Waals surface area contributed by atoms with Crippen molar-refractivity contribution >= 4 is 35.6 Å². The van der Waals surface area contributed by atoms with E-state index in [1.165, 1.54) is 11.6 Å². The highest BCUT2D eigenvalue weighted by atomic mass is 127. The maximum Gasteiger partial charge on any atom is 0.194 e. The second-order valence-corrected chi connectivity index (χ2v) is 7.51. The van der Waals surface area contributed by atoms with Gasteiger partial charge >= 0.3 is 0 Å². The molecule has 2 aromatic carbocycles. The Morgan fingerprint density at radius 1 is 1.06 bits per heavy atom. The van der Waals surface area contributed by atoms with Gasteiger partial charge in [-0.2, -0.15) is 5.10 Å². The molecule has 0 saturated carbocycles. The minimum atomic E-state index is -0.165. The molecule has 1 N–H and O–H groups in total. The van der Waals surface area contributed by atoms with Crippen LogP contribution in [0.2, 0.25) is 0 Å². The second-order valence-electron chi connectivity index (χ2n) is 7.51. The molecule has 32 heavy (non-hydrogen) atoms. The molecule has 1 aliphatic rings. The molecule has 1 aliphatic heterocycles. The molecule has 3 aromatic rings. The van der Waals surface area contributed by atoms with Crippen LogP contribution in [0.3, 0.4) is 0 Å². The van der Waals surface area contributed by atoms with Crippen LogP contribution in [0.25, 0.3) is 0 Å². The third-order valence-electron chi connectivity index (χ3n) is 5.32. The van der Waals surface area contributed by atoms with E-state index in [-0.39, 0.29) is 29.8 Å². The average Bonchev–Trinajstić information content (AvgIpc) is 3.30. The van der Waals surface area contributed by atoms with Crippen molar-refractivity contribution in [3.63, 3.8) is 0 Å². The molecule has 0 unspecified atom stereocenters. The highest BCUT2D eigenvalue weighted by Crippen LogP contribution is 2.20. The first-order valence-electron chi connectivity index (χ1n) is 10.7. The summed E-state index contributed by atoms with van der Waals surface area (Å²) in [6.45, 7) is 7.29. The zero-order valence-corrected chi connectivity index (χ0v) is 20.5. The number of hydrogen-bond donors (Lipinski definition) is 1. The number of aliphatic imine (C=N–C) groups is 1. The van der Waals surface area contributed by atoms with Crippen LogP contribution in [-0.4, -0.2) is 58.3 Å². The molecule has 1 fully saturated rings. The molecule has 7 nitrogen and oxygen atoms in total. The molecule has 2 heterocycles. The van der Waals surface area contributed by atoms with Crippen LogP contribution < -0.4 is 10.2 Å². The fraction of sp³-hybridized carbons (Fsp3) is 0.348. The maximum atomic E-state index is 14.1. The predicted octanol–water partition coefficient (Wildman–Crippen LogP) is 3.37. The summed E-state index contributed by atoms with van der Waals surface area (Å²) in [7, 11) is 0. The second kappa shape index (κ2) is 11.8. The van der Waals surface area contributed by atoms with Crippen molar-refractivity contribution in [2.24, 2.45) is 4.99 Å². The first-order chi connectivity index (χ1) is 15.2. The Morgan fingerprint density at radius 2 is 1.84 bits per heavy atom. The molecule has 0 bridgehead atoms. The highest BCUT2D eigenvalue weighted by molar-refractivity contribution is 14.0. The first-order valence-corrected chi connectivity index (χ1v) is 10.7. The van der Waals surface area contributed by atoms with E-state index in [9.17, 15) is 4.39 Å². The normalized spacial score (nSPS) is 14.2. The molecule has 1 aromatic heterocycles. The lowest BCUT2D eigenvalue weighted by Gasteiger charge is -2.37. The van der Waals surface area contributed by atoms with Gasteiger partial charge in [-0.3, -0.25) is 0 Å². The molecule has 170 valence electrons. The molecular formula is C23H29FIN7. The van der Waals surface area contributed by atoms with Gasteiger partial charge in [0.15, 0.2) is 5.96 Å². The summed E-state index contributed by atoms with van der Waals surface area (Å²) in [5.41, 5.74) is 2.99. The average molecular weight is 549 g/mol. The lowest BCUT2D eigenvalue weighted by Crippen LogP contribution is -2.52. The molecule has 0 atom stereocenters. The Hall–Kier alpha value is -2.69. The van der Waals surface area contributed by atoms with Gasteiger partial charge in [0.2, 0.25) is 0 Å². The lowest BCUT2D eigenvalue weighted by atomic mass is 10.1. The fourth-order valence-corrected chi connectivity index (χ4v) is 3.79. The zero-order valence-electron chi connectivity index (χ0n) is 18.2. The Kier molecular flexibility index (Phi) is 8.83. The molecular weight excluding hydrogens is 520 g/mol. The largest absolute Gasteiger partial charge is 0.366 e.